The summed E-state index contributed by atoms with van der Waals surface area (Å²) in [7, 11) is -4.57. The highest BCUT2D eigenvalue weighted by Gasteiger charge is 2.55. The summed E-state index contributed by atoms with van der Waals surface area (Å²) in [5.41, 5.74) is 8.72. The standard InChI is InChI=1S/C24H30FN4O9P/c1-5-11-24(27)19(30)18(36-22(24)29-12-17(25)20(26)28-23(29)32)13-34-39(33,38-16-9-7-6-8-10-16)37-15(4)21(31)35-14(2)3/h6-10,12,14-15,18-19,22,30H,13,27H2,1-4H3,(H2,26,28,32)/t15-,18+,19-,22+,24?,39?/m0/s1. The number of anilines is 1. The van der Waals surface area contributed by atoms with Crippen molar-refractivity contribution in [3.05, 3.63) is 52.8 Å². The van der Waals surface area contributed by atoms with E-state index in [2.05, 4.69) is 16.8 Å². The largest absolute Gasteiger partial charge is 0.530 e. The lowest BCUT2D eigenvalue weighted by atomic mass is 9.91. The molecule has 1 aromatic heterocycles. The van der Waals surface area contributed by atoms with Crippen LogP contribution < -0.4 is 21.7 Å². The normalized spacial score (nSPS) is 24.9. The van der Waals surface area contributed by atoms with Crippen LogP contribution in [0.3, 0.4) is 0 Å². The number of carbonyl (C=O) groups excluding carboxylic acids is 1. The maximum absolute atomic E-state index is 14.1. The average molecular weight is 568 g/mol. The van der Waals surface area contributed by atoms with Gasteiger partial charge in [0, 0.05) is 0 Å². The number of para-hydroxylation sites is 1. The molecule has 0 amide bonds. The lowest BCUT2D eigenvalue weighted by molar-refractivity contribution is -0.156. The number of hydrogen-bond donors (Lipinski definition) is 3. The summed E-state index contributed by atoms with van der Waals surface area (Å²) in [5, 5.41) is 11.0. The first-order valence-electron chi connectivity index (χ1n) is 11.8. The molecule has 2 heterocycles. The van der Waals surface area contributed by atoms with Crippen molar-refractivity contribution in [2.75, 3.05) is 12.3 Å². The molecule has 1 fully saturated rings. The van der Waals surface area contributed by atoms with Crippen molar-refractivity contribution in [3.63, 3.8) is 0 Å². The molecule has 212 valence electrons. The third-order valence-corrected chi connectivity index (χ3v) is 6.88. The highest BCUT2D eigenvalue weighted by Crippen LogP contribution is 2.51. The van der Waals surface area contributed by atoms with Gasteiger partial charge in [-0.2, -0.15) is 4.98 Å². The Balaban J connectivity index is 1.88. The Morgan fingerprint density at radius 3 is 2.62 bits per heavy atom. The Labute approximate surface area is 223 Å². The minimum absolute atomic E-state index is 0.0935. The molecule has 13 nitrogen and oxygen atoms in total. The van der Waals surface area contributed by atoms with E-state index in [-0.39, 0.29) is 5.75 Å². The van der Waals surface area contributed by atoms with Crippen molar-refractivity contribution in [2.45, 2.75) is 63.9 Å². The van der Waals surface area contributed by atoms with Gasteiger partial charge in [0.2, 0.25) is 0 Å². The van der Waals surface area contributed by atoms with E-state index in [1.54, 1.807) is 32.0 Å². The number of nitrogen functional groups attached to an aromatic ring is 1. The van der Waals surface area contributed by atoms with Crippen LogP contribution in [0.15, 0.2) is 41.3 Å². The summed E-state index contributed by atoms with van der Waals surface area (Å²) < 4.78 is 55.6. The fourth-order valence-electron chi connectivity index (χ4n) is 3.63. The van der Waals surface area contributed by atoms with E-state index in [1.165, 1.54) is 26.0 Å². The number of phosphoric ester groups is 1. The van der Waals surface area contributed by atoms with Crippen molar-refractivity contribution in [1.29, 1.82) is 0 Å². The van der Waals surface area contributed by atoms with Crippen LogP contribution in [0.5, 0.6) is 5.75 Å². The molecule has 0 radical (unpaired) electrons. The van der Waals surface area contributed by atoms with E-state index in [4.69, 9.17) is 34.5 Å². The fraction of sp³-hybridized carbons (Fsp3) is 0.458. The van der Waals surface area contributed by atoms with Crippen molar-refractivity contribution < 1.29 is 41.9 Å². The number of carbonyl (C=O) groups is 1. The molecule has 0 aliphatic carbocycles. The second-order valence-corrected chi connectivity index (χ2v) is 10.4. The first-order valence-corrected chi connectivity index (χ1v) is 13.2. The summed E-state index contributed by atoms with van der Waals surface area (Å²) in [6.45, 7) is 5.31. The topological polar surface area (TPSA) is 187 Å². The number of aliphatic hydroxyl groups excluding tert-OH is 1. The second kappa shape index (κ2) is 12.3. The molecule has 39 heavy (non-hydrogen) atoms. The SMILES string of the molecule is CC#CC1(N)[C@@H](O)[C@@H](COP(=O)(Oc2ccccc2)O[C@@H](C)C(=O)OC(C)C)O[C@H]1n1cc(F)c(N)nc1=O. The van der Waals surface area contributed by atoms with Gasteiger partial charge in [0.25, 0.3) is 0 Å². The second-order valence-electron chi connectivity index (χ2n) is 8.82. The van der Waals surface area contributed by atoms with Crippen molar-refractivity contribution >= 4 is 19.6 Å². The lowest BCUT2D eigenvalue weighted by Gasteiger charge is -2.28. The Hall–Kier alpha value is -3.31. The molecule has 1 aliphatic rings. The van der Waals surface area contributed by atoms with Gasteiger partial charge < -0.3 is 30.6 Å². The van der Waals surface area contributed by atoms with Gasteiger partial charge in [0.15, 0.2) is 29.5 Å². The van der Waals surface area contributed by atoms with Crippen molar-refractivity contribution in [2.24, 2.45) is 5.73 Å². The molecular weight excluding hydrogens is 538 g/mol. The number of aliphatic hydroxyl groups is 1. The highest BCUT2D eigenvalue weighted by molar-refractivity contribution is 7.49. The van der Waals surface area contributed by atoms with Crippen molar-refractivity contribution in [3.8, 4) is 17.6 Å². The van der Waals surface area contributed by atoms with Crippen LogP contribution in [0.4, 0.5) is 10.2 Å². The zero-order valence-electron chi connectivity index (χ0n) is 21.6. The van der Waals surface area contributed by atoms with E-state index >= 15 is 0 Å². The third-order valence-electron chi connectivity index (χ3n) is 5.41. The number of benzene rings is 1. The Bertz CT molecular complexity index is 1350. The van der Waals surface area contributed by atoms with Gasteiger partial charge in [-0.05, 0) is 39.8 Å². The van der Waals surface area contributed by atoms with Crippen LogP contribution in [0, 0.1) is 17.7 Å². The van der Waals surface area contributed by atoms with Crippen LogP contribution >= 0.6 is 7.82 Å². The number of aromatic nitrogens is 2. The maximum atomic E-state index is 14.1. The van der Waals surface area contributed by atoms with Gasteiger partial charge in [0.1, 0.15) is 18.0 Å². The number of rotatable bonds is 10. The molecule has 0 saturated carbocycles. The minimum atomic E-state index is -4.57. The van der Waals surface area contributed by atoms with Crippen LogP contribution in [-0.4, -0.2) is 57.2 Å². The third kappa shape index (κ3) is 7.02. The summed E-state index contributed by atoms with van der Waals surface area (Å²) in [4.78, 5) is 28.1. The first-order chi connectivity index (χ1) is 18.3. The van der Waals surface area contributed by atoms with Crippen LogP contribution in [-0.2, 0) is 27.9 Å². The zero-order chi connectivity index (χ0) is 29.0. The zero-order valence-corrected chi connectivity index (χ0v) is 22.5. The summed E-state index contributed by atoms with van der Waals surface area (Å²) in [5.74, 6) is 2.72. The molecule has 5 N–H and O–H groups in total. The Morgan fingerprint density at radius 2 is 2.00 bits per heavy atom. The minimum Gasteiger partial charge on any atom is -0.461 e. The summed E-state index contributed by atoms with van der Waals surface area (Å²) >= 11 is 0. The van der Waals surface area contributed by atoms with Crippen LogP contribution in [0.25, 0.3) is 0 Å². The highest BCUT2D eigenvalue weighted by atomic mass is 31.2. The van der Waals surface area contributed by atoms with Gasteiger partial charge in [-0.25, -0.2) is 18.5 Å². The van der Waals surface area contributed by atoms with Crippen LogP contribution in [0.1, 0.15) is 33.9 Å². The molecule has 2 aromatic rings. The van der Waals surface area contributed by atoms with E-state index in [9.17, 15) is 23.7 Å². The Morgan fingerprint density at radius 1 is 1.33 bits per heavy atom. The molecule has 1 aliphatic heterocycles. The van der Waals surface area contributed by atoms with Gasteiger partial charge in [-0.1, -0.05) is 24.1 Å². The average Bonchev–Trinajstić information content (AvgIpc) is 3.10. The van der Waals surface area contributed by atoms with Gasteiger partial charge in [-0.15, -0.1) is 5.92 Å². The number of nitrogens with two attached hydrogens (primary N) is 2. The van der Waals surface area contributed by atoms with E-state index in [1.807, 2.05) is 0 Å². The predicted molar refractivity (Wildman–Crippen MR) is 136 cm³/mol. The van der Waals surface area contributed by atoms with Gasteiger partial charge >= 0.3 is 19.5 Å². The van der Waals surface area contributed by atoms with Gasteiger partial charge in [0.05, 0.1) is 18.9 Å². The monoisotopic (exact) mass is 568 g/mol. The smallest absolute Gasteiger partial charge is 0.461 e. The molecule has 1 aromatic carbocycles. The lowest BCUT2D eigenvalue weighted by Crippen LogP contribution is -2.55. The van der Waals surface area contributed by atoms with Crippen LogP contribution in [0.2, 0.25) is 0 Å². The van der Waals surface area contributed by atoms with Crippen molar-refractivity contribution in [1.82, 2.24) is 9.55 Å². The number of phosphoric acid groups is 1. The summed E-state index contributed by atoms with van der Waals surface area (Å²) in [6.07, 6.45) is -5.67. The Kier molecular flexibility index (Phi) is 9.50. The van der Waals surface area contributed by atoms with Gasteiger partial charge in [-0.3, -0.25) is 13.6 Å². The molecule has 3 rings (SSSR count). The number of ether oxygens (including phenoxy) is 2. The number of halogens is 1. The molecule has 0 spiro atoms. The maximum Gasteiger partial charge on any atom is 0.530 e. The fourth-order valence-corrected chi connectivity index (χ4v) is 4.97. The summed E-state index contributed by atoms with van der Waals surface area (Å²) in [6, 6.07) is 7.86. The van der Waals surface area contributed by atoms with E-state index in [0.29, 0.717) is 4.57 Å². The molecule has 2 unspecified atom stereocenters. The molecule has 1 saturated heterocycles. The molecule has 0 bridgehead atoms. The number of nitrogens with zero attached hydrogens (tertiary/aromatic N) is 2. The number of esters is 1. The predicted octanol–water partition coefficient (Wildman–Crippen LogP) is 1.50. The molecule has 15 heteroatoms. The number of hydrogen-bond acceptors (Lipinski definition) is 12. The van der Waals surface area contributed by atoms with E-state index < -0.39 is 73.9 Å². The molecular formula is C24H30FN4O9P. The quantitative estimate of drug-likeness (QED) is 0.213. The first kappa shape index (κ1) is 30.2. The molecule has 6 atom stereocenters. The van der Waals surface area contributed by atoms with E-state index in [0.717, 1.165) is 6.20 Å².